The Morgan fingerprint density at radius 3 is 2.79 bits per heavy atom. The number of pyridine rings is 1. The van der Waals surface area contributed by atoms with E-state index in [4.69, 9.17) is 9.97 Å². The van der Waals surface area contributed by atoms with Crippen molar-refractivity contribution < 1.29 is 9.18 Å². The van der Waals surface area contributed by atoms with E-state index in [0.717, 1.165) is 49.6 Å². The van der Waals surface area contributed by atoms with Crippen molar-refractivity contribution in [1.82, 2.24) is 19.9 Å². The van der Waals surface area contributed by atoms with Gasteiger partial charge in [0.2, 0.25) is 5.91 Å². The molecule has 2 aliphatic heterocycles. The molecule has 5 rings (SSSR count). The molecule has 1 atom stereocenters. The van der Waals surface area contributed by atoms with Crippen LogP contribution in [0, 0.1) is 12.7 Å². The first-order valence-corrected chi connectivity index (χ1v) is 11.6. The summed E-state index contributed by atoms with van der Waals surface area (Å²) in [5.74, 6) is 1.32. The molecule has 0 radical (unpaired) electrons. The van der Waals surface area contributed by atoms with Crippen LogP contribution >= 0.6 is 0 Å². The Labute approximate surface area is 193 Å². The summed E-state index contributed by atoms with van der Waals surface area (Å²) in [5, 5.41) is 0. The molecule has 6 nitrogen and oxygen atoms in total. The lowest BCUT2D eigenvalue weighted by molar-refractivity contribution is -0.119. The van der Waals surface area contributed by atoms with Gasteiger partial charge in [0, 0.05) is 54.6 Å². The van der Waals surface area contributed by atoms with Gasteiger partial charge in [0.25, 0.3) is 0 Å². The molecule has 0 unspecified atom stereocenters. The number of aryl methyl sites for hydroxylation is 1. The maximum absolute atomic E-state index is 14.3. The van der Waals surface area contributed by atoms with E-state index in [-0.39, 0.29) is 24.2 Å². The zero-order chi connectivity index (χ0) is 22.8. The number of nitrogens with zero attached hydrogens (tertiary/aromatic N) is 5. The fraction of sp³-hybridized carbons (Fsp3) is 0.385. The second-order valence-corrected chi connectivity index (χ2v) is 8.98. The van der Waals surface area contributed by atoms with Gasteiger partial charge in [-0.2, -0.15) is 0 Å². The van der Waals surface area contributed by atoms with Gasteiger partial charge in [-0.1, -0.05) is 24.3 Å². The molecule has 0 saturated carbocycles. The van der Waals surface area contributed by atoms with Gasteiger partial charge in [-0.3, -0.25) is 19.6 Å². The molecule has 2 aromatic heterocycles. The van der Waals surface area contributed by atoms with Crippen molar-refractivity contribution in [3.8, 4) is 0 Å². The van der Waals surface area contributed by atoms with Crippen LogP contribution in [0.5, 0.6) is 0 Å². The summed E-state index contributed by atoms with van der Waals surface area (Å²) in [6.45, 7) is 4.94. The van der Waals surface area contributed by atoms with Gasteiger partial charge < -0.3 is 0 Å². The van der Waals surface area contributed by atoms with Crippen LogP contribution in [0.2, 0.25) is 0 Å². The van der Waals surface area contributed by atoms with E-state index in [1.54, 1.807) is 29.3 Å². The zero-order valence-electron chi connectivity index (χ0n) is 18.9. The molecule has 0 bridgehead atoms. The van der Waals surface area contributed by atoms with Crippen LogP contribution < -0.4 is 4.90 Å². The summed E-state index contributed by atoms with van der Waals surface area (Å²) < 4.78 is 14.3. The van der Waals surface area contributed by atoms with Gasteiger partial charge in [-0.05, 0) is 50.4 Å². The second-order valence-electron chi connectivity index (χ2n) is 8.98. The average Bonchev–Trinajstić information content (AvgIpc) is 2.83. The quantitative estimate of drug-likeness (QED) is 0.590. The minimum atomic E-state index is -0.304. The molecule has 1 aromatic carbocycles. The number of carbonyl (C=O) groups is 1. The topological polar surface area (TPSA) is 62.2 Å². The van der Waals surface area contributed by atoms with Gasteiger partial charge in [-0.25, -0.2) is 14.4 Å². The van der Waals surface area contributed by atoms with E-state index < -0.39 is 0 Å². The van der Waals surface area contributed by atoms with Crippen LogP contribution in [-0.2, 0) is 24.3 Å². The van der Waals surface area contributed by atoms with Crippen LogP contribution in [0.15, 0.2) is 48.8 Å². The summed E-state index contributed by atoms with van der Waals surface area (Å²) in [7, 11) is 0. The predicted molar refractivity (Wildman–Crippen MR) is 124 cm³/mol. The SMILES string of the molecule is Cc1nc([C@@H]2CCCN(Cc3cccnc3)C2)nc2c1CCC(=O)N2Cc1ccccc1F. The van der Waals surface area contributed by atoms with Crippen LogP contribution in [0.1, 0.15) is 53.4 Å². The number of fused-ring (bicyclic) bond motifs is 1. The van der Waals surface area contributed by atoms with E-state index in [1.807, 2.05) is 19.2 Å². The lowest BCUT2D eigenvalue weighted by Crippen LogP contribution is -2.38. The molecule has 33 heavy (non-hydrogen) atoms. The molecular weight excluding hydrogens is 417 g/mol. The van der Waals surface area contributed by atoms with Gasteiger partial charge in [0.05, 0.1) is 6.54 Å². The summed E-state index contributed by atoms with van der Waals surface area (Å²) in [5.41, 5.74) is 3.61. The molecule has 1 fully saturated rings. The van der Waals surface area contributed by atoms with Crippen LogP contribution in [0.3, 0.4) is 0 Å². The van der Waals surface area contributed by atoms with Crippen molar-refractivity contribution >= 4 is 11.7 Å². The van der Waals surface area contributed by atoms with Crippen molar-refractivity contribution in [1.29, 1.82) is 0 Å². The standard InChI is InChI=1S/C26H28FN5O/c1-18-22-10-11-24(33)32(17-20-7-2-3-9-23(20)27)26(22)30-25(29-18)21-8-5-13-31(16-21)15-19-6-4-12-28-14-19/h2-4,6-7,9,12,14,21H,5,8,10-11,13,15-17H2,1H3/t21-/m1/s1. The molecule has 4 heterocycles. The molecule has 2 aliphatic rings. The lowest BCUT2D eigenvalue weighted by atomic mass is 9.95. The van der Waals surface area contributed by atoms with Crippen molar-refractivity contribution in [2.24, 2.45) is 0 Å². The van der Waals surface area contributed by atoms with Crippen LogP contribution in [-0.4, -0.2) is 38.8 Å². The Hall–Kier alpha value is -3.19. The maximum atomic E-state index is 14.3. The number of aromatic nitrogens is 3. The normalized spacial score (nSPS) is 18.9. The molecule has 3 aromatic rings. The van der Waals surface area contributed by atoms with E-state index >= 15 is 0 Å². The van der Waals surface area contributed by atoms with Crippen LogP contribution in [0.25, 0.3) is 0 Å². The number of amides is 1. The summed E-state index contributed by atoms with van der Waals surface area (Å²) in [6.07, 6.45) is 6.82. The van der Waals surface area contributed by atoms with Gasteiger partial charge in [0.15, 0.2) is 0 Å². The second kappa shape index (κ2) is 9.35. The molecule has 7 heteroatoms. The molecule has 0 aliphatic carbocycles. The number of carbonyl (C=O) groups excluding carboxylic acids is 1. The van der Waals surface area contributed by atoms with Gasteiger partial charge in [0.1, 0.15) is 17.5 Å². The predicted octanol–water partition coefficient (Wildman–Crippen LogP) is 4.18. The number of benzene rings is 1. The number of hydrogen-bond donors (Lipinski definition) is 0. The van der Waals surface area contributed by atoms with Gasteiger partial charge in [-0.15, -0.1) is 0 Å². The Morgan fingerprint density at radius 2 is 1.97 bits per heavy atom. The molecule has 1 saturated heterocycles. The number of rotatable bonds is 5. The van der Waals surface area contributed by atoms with Crippen LogP contribution in [0.4, 0.5) is 10.2 Å². The first kappa shape index (κ1) is 21.6. The van der Waals surface area contributed by atoms with Crippen molar-refractivity contribution in [2.75, 3.05) is 18.0 Å². The van der Waals surface area contributed by atoms with E-state index in [9.17, 15) is 9.18 Å². The Bertz CT molecular complexity index is 1150. The fourth-order valence-corrected chi connectivity index (χ4v) is 4.91. The first-order chi connectivity index (χ1) is 16.1. The first-order valence-electron chi connectivity index (χ1n) is 11.6. The van der Waals surface area contributed by atoms with Crippen molar-refractivity contribution in [3.05, 3.63) is 82.8 Å². The Kier molecular flexibility index (Phi) is 6.13. The monoisotopic (exact) mass is 445 g/mol. The summed E-state index contributed by atoms with van der Waals surface area (Å²) >= 11 is 0. The summed E-state index contributed by atoms with van der Waals surface area (Å²) in [4.78, 5) is 31.0. The molecule has 170 valence electrons. The third-order valence-electron chi connectivity index (χ3n) is 6.64. The Morgan fingerprint density at radius 1 is 1.09 bits per heavy atom. The minimum absolute atomic E-state index is 0.0170. The minimum Gasteiger partial charge on any atom is -0.298 e. The molecular formula is C26H28FN5O. The van der Waals surface area contributed by atoms with E-state index in [1.165, 1.54) is 11.6 Å². The number of likely N-dealkylation sites (tertiary alicyclic amines) is 1. The largest absolute Gasteiger partial charge is 0.298 e. The fourth-order valence-electron chi connectivity index (χ4n) is 4.91. The highest BCUT2D eigenvalue weighted by Crippen LogP contribution is 2.33. The average molecular weight is 446 g/mol. The van der Waals surface area contributed by atoms with Crippen molar-refractivity contribution in [3.63, 3.8) is 0 Å². The number of anilines is 1. The smallest absolute Gasteiger partial charge is 0.228 e. The molecule has 0 N–H and O–H groups in total. The Balaban J connectivity index is 1.42. The molecule has 1 amide bonds. The highest BCUT2D eigenvalue weighted by Gasteiger charge is 2.31. The van der Waals surface area contributed by atoms with E-state index in [0.29, 0.717) is 24.2 Å². The highest BCUT2D eigenvalue weighted by atomic mass is 19.1. The number of piperidine rings is 1. The van der Waals surface area contributed by atoms with Crippen molar-refractivity contribution in [2.45, 2.75) is 51.6 Å². The zero-order valence-corrected chi connectivity index (χ0v) is 18.9. The summed E-state index contributed by atoms with van der Waals surface area (Å²) in [6, 6.07) is 10.7. The van der Waals surface area contributed by atoms with E-state index in [2.05, 4.69) is 16.0 Å². The number of hydrogen-bond acceptors (Lipinski definition) is 5. The van der Waals surface area contributed by atoms with Gasteiger partial charge >= 0.3 is 0 Å². The number of halogens is 1. The third-order valence-corrected chi connectivity index (χ3v) is 6.64. The maximum Gasteiger partial charge on any atom is 0.228 e. The highest BCUT2D eigenvalue weighted by molar-refractivity contribution is 5.95. The third kappa shape index (κ3) is 4.64. The lowest BCUT2D eigenvalue weighted by Gasteiger charge is -2.34. The molecule has 0 spiro atoms.